The second-order valence-electron chi connectivity index (χ2n) is 2.79. The lowest BCUT2D eigenvalue weighted by molar-refractivity contribution is 0.784. The van der Waals surface area contributed by atoms with Crippen LogP contribution in [0.15, 0.2) is 23.3 Å². The van der Waals surface area contributed by atoms with Crippen molar-refractivity contribution in [3.05, 3.63) is 23.3 Å². The lowest BCUT2D eigenvalue weighted by Crippen LogP contribution is -1.94. The third-order valence-corrected chi connectivity index (χ3v) is 2.18. The maximum absolute atomic E-state index is 2.39. The molecule has 1 rings (SSSR count). The van der Waals surface area contributed by atoms with Crippen molar-refractivity contribution in [1.29, 1.82) is 0 Å². The minimum atomic E-state index is 1.21. The number of rotatable bonds is 1. The van der Waals surface area contributed by atoms with E-state index in [1.54, 1.807) is 11.1 Å². The molecule has 0 heteroatoms. The predicted molar refractivity (Wildman–Crippen MR) is 46.0 cm³/mol. The summed E-state index contributed by atoms with van der Waals surface area (Å²) < 4.78 is 0. The number of hydrogen-bond acceptors (Lipinski definition) is 0. The van der Waals surface area contributed by atoms with Crippen LogP contribution in [0.5, 0.6) is 0 Å². The van der Waals surface area contributed by atoms with Crippen molar-refractivity contribution >= 4 is 0 Å². The normalized spacial score (nSPS) is 23.0. The van der Waals surface area contributed by atoms with Gasteiger partial charge in [0.05, 0.1) is 0 Å². The van der Waals surface area contributed by atoms with Gasteiger partial charge in [-0.3, -0.25) is 0 Å². The SMILES string of the molecule is C/C=C1\CCCC=C1CC. The molecule has 1 aliphatic carbocycles. The number of hydrogen-bond donors (Lipinski definition) is 0. The van der Waals surface area contributed by atoms with Gasteiger partial charge < -0.3 is 0 Å². The summed E-state index contributed by atoms with van der Waals surface area (Å²) in [5.74, 6) is 0. The highest BCUT2D eigenvalue weighted by Gasteiger charge is 2.05. The average Bonchev–Trinajstić information content (AvgIpc) is 2.04. The van der Waals surface area contributed by atoms with Crippen LogP contribution in [0.4, 0.5) is 0 Å². The zero-order chi connectivity index (χ0) is 7.40. The molecule has 0 spiro atoms. The fourth-order valence-corrected chi connectivity index (χ4v) is 1.56. The first-order valence-corrected chi connectivity index (χ1v) is 4.23. The van der Waals surface area contributed by atoms with Crippen molar-refractivity contribution in [2.24, 2.45) is 0 Å². The Bertz CT molecular complexity index is 161. The first-order valence-electron chi connectivity index (χ1n) is 4.23. The Morgan fingerprint density at radius 1 is 1.60 bits per heavy atom. The highest BCUT2D eigenvalue weighted by Crippen LogP contribution is 2.25. The molecule has 0 aromatic carbocycles. The summed E-state index contributed by atoms with van der Waals surface area (Å²) in [4.78, 5) is 0. The van der Waals surface area contributed by atoms with Gasteiger partial charge in [0.25, 0.3) is 0 Å². The fraction of sp³-hybridized carbons (Fsp3) is 0.600. The molecule has 0 aromatic heterocycles. The van der Waals surface area contributed by atoms with E-state index in [9.17, 15) is 0 Å². The van der Waals surface area contributed by atoms with Gasteiger partial charge >= 0.3 is 0 Å². The van der Waals surface area contributed by atoms with Crippen LogP contribution in [0.1, 0.15) is 39.5 Å². The molecule has 0 nitrogen and oxygen atoms in total. The Morgan fingerprint density at radius 2 is 2.40 bits per heavy atom. The maximum Gasteiger partial charge on any atom is -0.0277 e. The molecule has 56 valence electrons. The topological polar surface area (TPSA) is 0 Å². The Morgan fingerprint density at radius 3 is 2.90 bits per heavy atom. The lowest BCUT2D eigenvalue weighted by atomic mass is 9.92. The second kappa shape index (κ2) is 3.60. The Balaban J connectivity index is 2.72. The molecule has 0 saturated carbocycles. The monoisotopic (exact) mass is 136 g/mol. The molecule has 0 atom stereocenters. The minimum absolute atomic E-state index is 1.21. The van der Waals surface area contributed by atoms with Gasteiger partial charge in [-0.2, -0.15) is 0 Å². The van der Waals surface area contributed by atoms with Crippen LogP contribution in [0.2, 0.25) is 0 Å². The van der Waals surface area contributed by atoms with Crippen LogP contribution in [0.3, 0.4) is 0 Å². The highest BCUT2D eigenvalue weighted by molar-refractivity contribution is 5.32. The van der Waals surface area contributed by atoms with Crippen molar-refractivity contribution in [1.82, 2.24) is 0 Å². The Kier molecular flexibility index (Phi) is 2.73. The van der Waals surface area contributed by atoms with Crippen LogP contribution in [0, 0.1) is 0 Å². The smallest absolute Gasteiger partial charge is 0.0277 e. The molecular formula is C10H16. The number of allylic oxidation sites excluding steroid dienone is 4. The van der Waals surface area contributed by atoms with Crippen molar-refractivity contribution in [3.63, 3.8) is 0 Å². The predicted octanol–water partition coefficient (Wildman–Crippen LogP) is 3.45. The van der Waals surface area contributed by atoms with E-state index in [1.165, 1.54) is 25.7 Å². The van der Waals surface area contributed by atoms with Crippen LogP contribution in [-0.2, 0) is 0 Å². The summed E-state index contributed by atoms with van der Waals surface area (Å²) in [6.45, 7) is 4.38. The summed E-state index contributed by atoms with van der Waals surface area (Å²) in [6, 6.07) is 0. The third kappa shape index (κ3) is 1.50. The third-order valence-electron chi connectivity index (χ3n) is 2.18. The average molecular weight is 136 g/mol. The first kappa shape index (κ1) is 7.59. The molecule has 0 aromatic rings. The van der Waals surface area contributed by atoms with Gasteiger partial charge in [-0.1, -0.05) is 19.1 Å². The van der Waals surface area contributed by atoms with Gasteiger partial charge in [0.2, 0.25) is 0 Å². The standard InChI is InChI=1S/C10H16/c1-3-9-7-5-6-8-10(9)4-2/h3,8H,4-7H2,1-2H3/b9-3+. The van der Waals surface area contributed by atoms with E-state index in [0.717, 1.165) is 0 Å². The zero-order valence-electron chi connectivity index (χ0n) is 6.98. The van der Waals surface area contributed by atoms with E-state index in [4.69, 9.17) is 0 Å². The van der Waals surface area contributed by atoms with Crippen LogP contribution in [0.25, 0.3) is 0 Å². The first-order chi connectivity index (χ1) is 4.88. The molecule has 0 N–H and O–H groups in total. The zero-order valence-corrected chi connectivity index (χ0v) is 6.98. The molecule has 0 bridgehead atoms. The van der Waals surface area contributed by atoms with E-state index in [0.29, 0.717) is 0 Å². The van der Waals surface area contributed by atoms with E-state index >= 15 is 0 Å². The van der Waals surface area contributed by atoms with E-state index in [2.05, 4.69) is 26.0 Å². The van der Waals surface area contributed by atoms with Crippen molar-refractivity contribution in [2.75, 3.05) is 0 Å². The molecular weight excluding hydrogens is 120 g/mol. The molecule has 10 heavy (non-hydrogen) atoms. The largest absolute Gasteiger partial charge is 0.0842 e. The Hall–Kier alpha value is -0.520. The summed E-state index contributed by atoms with van der Waals surface area (Å²) in [6.07, 6.45) is 9.80. The fourth-order valence-electron chi connectivity index (χ4n) is 1.56. The van der Waals surface area contributed by atoms with Gasteiger partial charge in [0.1, 0.15) is 0 Å². The summed E-state index contributed by atoms with van der Waals surface area (Å²) in [5.41, 5.74) is 3.16. The summed E-state index contributed by atoms with van der Waals surface area (Å²) in [7, 11) is 0. The van der Waals surface area contributed by atoms with Gasteiger partial charge in [-0.25, -0.2) is 0 Å². The van der Waals surface area contributed by atoms with Gasteiger partial charge in [-0.15, -0.1) is 0 Å². The van der Waals surface area contributed by atoms with Crippen molar-refractivity contribution < 1.29 is 0 Å². The molecule has 0 unspecified atom stereocenters. The maximum atomic E-state index is 2.39. The minimum Gasteiger partial charge on any atom is -0.0842 e. The van der Waals surface area contributed by atoms with Gasteiger partial charge in [0.15, 0.2) is 0 Å². The van der Waals surface area contributed by atoms with Crippen LogP contribution >= 0.6 is 0 Å². The molecule has 1 aliphatic rings. The molecule has 0 amide bonds. The van der Waals surface area contributed by atoms with Crippen molar-refractivity contribution in [2.45, 2.75) is 39.5 Å². The van der Waals surface area contributed by atoms with E-state index in [-0.39, 0.29) is 0 Å². The van der Waals surface area contributed by atoms with Crippen molar-refractivity contribution in [3.8, 4) is 0 Å². The summed E-state index contributed by atoms with van der Waals surface area (Å²) in [5, 5.41) is 0. The molecule has 0 radical (unpaired) electrons. The summed E-state index contributed by atoms with van der Waals surface area (Å²) >= 11 is 0. The highest BCUT2D eigenvalue weighted by atomic mass is 14.1. The lowest BCUT2D eigenvalue weighted by Gasteiger charge is -2.14. The molecule has 0 fully saturated rings. The molecule has 0 heterocycles. The van der Waals surface area contributed by atoms with E-state index in [1.807, 2.05) is 0 Å². The quantitative estimate of drug-likeness (QED) is 0.518. The van der Waals surface area contributed by atoms with Crippen LogP contribution in [-0.4, -0.2) is 0 Å². The second-order valence-corrected chi connectivity index (χ2v) is 2.79. The molecule has 0 aliphatic heterocycles. The van der Waals surface area contributed by atoms with Gasteiger partial charge in [-0.05, 0) is 43.8 Å². The Labute approximate surface area is 63.6 Å². The van der Waals surface area contributed by atoms with Crippen LogP contribution < -0.4 is 0 Å². The van der Waals surface area contributed by atoms with Gasteiger partial charge in [0, 0.05) is 0 Å². The molecule has 0 saturated heterocycles. The van der Waals surface area contributed by atoms with E-state index < -0.39 is 0 Å².